The minimum Gasteiger partial charge on any atom is -0.388 e. The van der Waals surface area contributed by atoms with Gasteiger partial charge in [-0.25, -0.2) is 13.2 Å². The van der Waals surface area contributed by atoms with Gasteiger partial charge in [-0.15, -0.1) is 0 Å². The quantitative estimate of drug-likeness (QED) is 0.866. The summed E-state index contributed by atoms with van der Waals surface area (Å²) in [6.45, 7) is 3.22. The zero-order chi connectivity index (χ0) is 14.6. The van der Waals surface area contributed by atoms with Crippen LogP contribution in [0.25, 0.3) is 0 Å². The fraction of sp³-hybridized carbons (Fsp3) is 0.462. The van der Waals surface area contributed by atoms with Gasteiger partial charge in [-0.2, -0.15) is 0 Å². The first-order valence-electron chi connectivity index (χ1n) is 5.92. The van der Waals surface area contributed by atoms with Gasteiger partial charge in [-0.1, -0.05) is 13.3 Å². The number of carbonyl (C=O) groups excluding carboxylic acids is 1. The second-order valence-electron chi connectivity index (χ2n) is 4.67. The lowest BCUT2D eigenvalue weighted by atomic mass is 10.0. The van der Waals surface area contributed by atoms with E-state index in [9.17, 15) is 23.1 Å². The SMILES string of the molecule is CCCC(C)(O)CNC(=O)c1c(F)cc(F)cc1F. The van der Waals surface area contributed by atoms with E-state index in [0.29, 0.717) is 25.0 Å². The molecule has 1 aromatic rings. The third-order valence-electron chi connectivity index (χ3n) is 2.65. The number of aliphatic hydroxyl groups is 1. The molecule has 0 aromatic heterocycles. The highest BCUT2D eigenvalue weighted by atomic mass is 19.1. The van der Waals surface area contributed by atoms with Crippen LogP contribution in [0.2, 0.25) is 0 Å². The first-order valence-corrected chi connectivity index (χ1v) is 5.92. The van der Waals surface area contributed by atoms with Crippen LogP contribution in [0.15, 0.2) is 12.1 Å². The minimum atomic E-state index is -1.27. The van der Waals surface area contributed by atoms with Crippen molar-refractivity contribution >= 4 is 5.91 Å². The van der Waals surface area contributed by atoms with E-state index in [1.807, 2.05) is 6.92 Å². The van der Waals surface area contributed by atoms with Crippen molar-refractivity contribution in [2.75, 3.05) is 6.54 Å². The van der Waals surface area contributed by atoms with Crippen molar-refractivity contribution in [3.63, 3.8) is 0 Å². The van der Waals surface area contributed by atoms with Crippen molar-refractivity contribution < 1.29 is 23.1 Å². The molecule has 0 bridgehead atoms. The highest BCUT2D eigenvalue weighted by Gasteiger charge is 2.23. The molecule has 0 spiro atoms. The summed E-state index contributed by atoms with van der Waals surface area (Å²) in [7, 11) is 0. The molecule has 0 fully saturated rings. The Kier molecular flexibility index (Phi) is 4.94. The average Bonchev–Trinajstić information content (AvgIpc) is 2.25. The second kappa shape index (κ2) is 6.06. The van der Waals surface area contributed by atoms with E-state index in [0.717, 1.165) is 0 Å². The molecule has 1 atom stereocenters. The molecular weight excluding hydrogens is 259 g/mol. The van der Waals surface area contributed by atoms with Crippen molar-refractivity contribution in [1.29, 1.82) is 0 Å². The van der Waals surface area contributed by atoms with Gasteiger partial charge in [0.1, 0.15) is 23.0 Å². The molecule has 0 aliphatic heterocycles. The molecule has 6 heteroatoms. The summed E-state index contributed by atoms with van der Waals surface area (Å²) < 4.78 is 39.3. The van der Waals surface area contributed by atoms with Crippen molar-refractivity contribution in [1.82, 2.24) is 5.32 Å². The van der Waals surface area contributed by atoms with Crippen LogP contribution in [0.3, 0.4) is 0 Å². The lowest BCUT2D eigenvalue weighted by Gasteiger charge is -2.23. The van der Waals surface area contributed by atoms with E-state index >= 15 is 0 Å². The van der Waals surface area contributed by atoms with Crippen molar-refractivity contribution in [3.05, 3.63) is 35.1 Å². The molecule has 1 unspecified atom stereocenters. The number of nitrogens with one attached hydrogen (secondary N) is 1. The number of hydrogen-bond acceptors (Lipinski definition) is 2. The van der Waals surface area contributed by atoms with Gasteiger partial charge in [0, 0.05) is 18.7 Å². The lowest BCUT2D eigenvalue weighted by molar-refractivity contribution is 0.0467. The standard InChI is InChI=1S/C13H16F3NO2/c1-3-4-13(2,19)7-17-12(18)11-9(15)5-8(14)6-10(11)16/h5-6,19H,3-4,7H2,1-2H3,(H,17,18). The van der Waals surface area contributed by atoms with E-state index in [2.05, 4.69) is 5.32 Å². The van der Waals surface area contributed by atoms with Gasteiger partial charge in [0.2, 0.25) is 0 Å². The first kappa shape index (κ1) is 15.5. The number of benzene rings is 1. The van der Waals surface area contributed by atoms with E-state index in [1.54, 1.807) is 0 Å². The number of hydrogen-bond donors (Lipinski definition) is 2. The van der Waals surface area contributed by atoms with Crippen LogP contribution < -0.4 is 5.32 Å². The van der Waals surface area contributed by atoms with Gasteiger partial charge in [0.05, 0.1) is 5.60 Å². The Balaban J connectivity index is 2.80. The van der Waals surface area contributed by atoms with Gasteiger partial charge < -0.3 is 10.4 Å². The largest absolute Gasteiger partial charge is 0.388 e. The van der Waals surface area contributed by atoms with Crippen LogP contribution in [0.4, 0.5) is 13.2 Å². The minimum absolute atomic E-state index is 0.143. The fourth-order valence-electron chi connectivity index (χ4n) is 1.75. The molecule has 0 saturated carbocycles. The Bertz CT molecular complexity index is 452. The van der Waals surface area contributed by atoms with Gasteiger partial charge in [-0.3, -0.25) is 4.79 Å². The molecule has 1 aromatic carbocycles. The molecule has 19 heavy (non-hydrogen) atoms. The maximum absolute atomic E-state index is 13.3. The monoisotopic (exact) mass is 275 g/mol. The highest BCUT2D eigenvalue weighted by Crippen LogP contribution is 2.15. The van der Waals surface area contributed by atoms with Crippen LogP contribution >= 0.6 is 0 Å². The first-order chi connectivity index (χ1) is 8.76. The summed E-state index contributed by atoms with van der Waals surface area (Å²) in [6.07, 6.45) is 1.13. The number of halogens is 3. The van der Waals surface area contributed by atoms with Gasteiger partial charge in [0.15, 0.2) is 0 Å². The summed E-state index contributed by atoms with van der Waals surface area (Å²) >= 11 is 0. The molecular formula is C13H16F3NO2. The molecule has 0 aliphatic carbocycles. The Morgan fingerprint density at radius 2 is 1.84 bits per heavy atom. The zero-order valence-electron chi connectivity index (χ0n) is 10.8. The van der Waals surface area contributed by atoms with Crippen molar-refractivity contribution in [3.8, 4) is 0 Å². The highest BCUT2D eigenvalue weighted by molar-refractivity contribution is 5.94. The smallest absolute Gasteiger partial charge is 0.257 e. The Morgan fingerprint density at radius 3 is 2.32 bits per heavy atom. The third kappa shape index (κ3) is 4.24. The van der Waals surface area contributed by atoms with E-state index in [-0.39, 0.29) is 6.54 Å². The maximum atomic E-state index is 13.3. The van der Waals surface area contributed by atoms with Crippen molar-refractivity contribution in [2.45, 2.75) is 32.3 Å². The van der Waals surface area contributed by atoms with E-state index in [4.69, 9.17) is 0 Å². The van der Waals surface area contributed by atoms with Crippen LogP contribution in [0, 0.1) is 17.5 Å². The number of carbonyl (C=O) groups is 1. The summed E-state index contributed by atoms with van der Waals surface area (Å²) in [4.78, 5) is 11.6. The second-order valence-corrected chi connectivity index (χ2v) is 4.67. The van der Waals surface area contributed by atoms with E-state index in [1.165, 1.54) is 6.92 Å². The molecule has 1 rings (SSSR count). The van der Waals surface area contributed by atoms with Crippen LogP contribution in [-0.2, 0) is 0 Å². The normalized spacial score (nSPS) is 14.0. The van der Waals surface area contributed by atoms with Gasteiger partial charge in [0.25, 0.3) is 5.91 Å². The molecule has 106 valence electrons. The predicted molar refractivity (Wildman–Crippen MR) is 64.2 cm³/mol. The summed E-state index contributed by atoms with van der Waals surface area (Å²) in [6, 6.07) is 0.865. The molecule has 0 radical (unpaired) electrons. The fourth-order valence-corrected chi connectivity index (χ4v) is 1.75. The number of rotatable bonds is 5. The topological polar surface area (TPSA) is 49.3 Å². The molecule has 0 saturated heterocycles. The molecule has 0 aliphatic rings. The van der Waals surface area contributed by atoms with Crippen LogP contribution in [0.1, 0.15) is 37.0 Å². The lowest BCUT2D eigenvalue weighted by Crippen LogP contribution is -2.41. The molecule has 1 amide bonds. The van der Waals surface area contributed by atoms with Crippen LogP contribution in [0.5, 0.6) is 0 Å². The molecule has 2 N–H and O–H groups in total. The predicted octanol–water partition coefficient (Wildman–Crippen LogP) is 2.38. The average molecular weight is 275 g/mol. The third-order valence-corrected chi connectivity index (χ3v) is 2.65. The van der Waals surface area contributed by atoms with Gasteiger partial charge >= 0.3 is 0 Å². The van der Waals surface area contributed by atoms with Crippen molar-refractivity contribution in [2.24, 2.45) is 0 Å². The molecule has 3 nitrogen and oxygen atoms in total. The number of amides is 1. The Labute approximate surface area is 109 Å². The molecule has 0 heterocycles. The summed E-state index contributed by atoms with van der Waals surface area (Å²) in [5.74, 6) is -4.66. The Morgan fingerprint density at radius 1 is 1.32 bits per heavy atom. The maximum Gasteiger partial charge on any atom is 0.257 e. The Hall–Kier alpha value is -1.56. The summed E-state index contributed by atoms with van der Waals surface area (Å²) in [5.41, 5.74) is -2.01. The summed E-state index contributed by atoms with van der Waals surface area (Å²) in [5, 5.41) is 12.1. The van der Waals surface area contributed by atoms with Gasteiger partial charge in [-0.05, 0) is 13.3 Å². The van der Waals surface area contributed by atoms with E-state index < -0.39 is 34.5 Å². The van der Waals surface area contributed by atoms with Crippen LogP contribution in [-0.4, -0.2) is 23.2 Å². The zero-order valence-corrected chi connectivity index (χ0v) is 10.8.